The number of amides is 2. The standard InChI is InChI=1S/C14H23N3O3/c1-10(2)16(7-4-6-15)14(20)17-8-5-11(3)9-12(17)13(18)19/h10-12H,4-5,7-9H2,1-3H3,(H,18,19). The fraction of sp³-hybridized carbons (Fsp3) is 0.786. The third-order valence-electron chi connectivity index (χ3n) is 3.73. The Morgan fingerprint density at radius 1 is 1.50 bits per heavy atom. The monoisotopic (exact) mass is 281 g/mol. The van der Waals surface area contributed by atoms with Crippen LogP contribution >= 0.6 is 0 Å². The summed E-state index contributed by atoms with van der Waals surface area (Å²) in [5, 5.41) is 18.0. The van der Waals surface area contributed by atoms with Gasteiger partial charge >= 0.3 is 12.0 Å². The number of nitriles is 1. The molecule has 1 fully saturated rings. The van der Waals surface area contributed by atoms with Gasteiger partial charge in [-0.25, -0.2) is 9.59 Å². The van der Waals surface area contributed by atoms with Gasteiger partial charge in [-0.3, -0.25) is 0 Å². The van der Waals surface area contributed by atoms with E-state index in [1.807, 2.05) is 26.8 Å². The fourth-order valence-electron chi connectivity index (χ4n) is 2.51. The highest BCUT2D eigenvalue weighted by atomic mass is 16.4. The van der Waals surface area contributed by atoms with Crippen LogP contribution in [0.1, 0.15) is 40.0 Å². The van der Waals surface area contributed by atoms with Gasteiger partial charge in [-0.1, -0.05) is 6.92 Å². The third kappa shape index (κ3) is 3.86. The molecule has 2 amide bonds. The number of hydrogen-bond donors (Lipinski definition) is 1. The van der Waals surface area contributed by atoms with Crippen LogP contribution in [0.3, 0.4) is 0 Å². The highest BCUT2D eigenvalue weighted by molar-refractivity contribution is 5.83. The summed E-state index contributed by atoms with van der Waals surface area (Å²) in [5.41, 5.74) is 0. The van der Waals surface area contributed by atoms with Gasteiger partial charge < -0.3 is 14.9 Å². The molecule has 2 atom stereocenters. The van der Waals surface area contributed by atoms with Gasteiger partial charge in [0.15, 0.2) is 0 Å². The van der Waals surface area contributed by atoms with E-state index in [-0.39, 0.29) is 18.5 Å². The molecule has 20 heavy (non-hydrogen) atoms. The maximum absolute atomic E-state index is 12.5. The molecule has 2 unspecified atom stereocenters. The number of carboxylic acids is 1. The van der Waals surface area contributed by atoms with Crippen LogP contribution in [0.15, 0.2) is 0 Å². The molecule has 0 aliphatic carbocycles. The predicted octanol–water partition coefficient (Wildman–Crippen LogP) is 1.92. The van der Waals surface area contributed by atoms with Crippen molar-refractivity contribution in [3.05, 3.63) is 0 Å². The maximum atomic E-state index is 12.5. The maximum Gasteiger partial charge on any atom is 0.326 e. The molecule has 6 heteroatoms. The Morgan fingerprint density at radius 3 is 2.65 bits per heavy atom. The Hall–Kier alpha value is -1.77. The number of carboxylic acid groups (broad SMARTS) is 1. The third-order valence-corrected chi connectivity index (χ3v) is 3.73. The van der Waals surface area contributed by atoms with Gasteiger partial charge in [0, 0.05) is 19.1 Å². The predicted molar refractivity (Wildman–Crippen MR) is 74.0 cm³/mol. The van der Waals surface area contributed by atoms with E-state index in [4.69, 9.17) is 5.26 Å². The molecule has 1 rings (SSSR count). The lowest BCUT2D eigenvalue weighted by Crippen LogP contribution is -2.55. The Morgan fingerprint density at radius 2 is 2.15 bits per heavy atom. The fourth-order valence-corrected chi connectivity index (χ4v) is 2.51. The number of piperidine rings is 1. The van der Waals surface area contributed by atoms with Crippen molar-refractivity contribution in [2.24, 2.45) is 5.92 Å². The Bertz CT molecular complexity index is 403. The Labute approximate surface area is 120 Å². The summed E-state index contributed by atoms with van der Waals surface area (Å²) < 4.78 is 0. The molecule has 0 saturated carbocycles. The van der Waals surface area contributed by atoms with Crippen LogP contribution in [-0.4, -0.2) is 52.1 Å². The highest BCUT2D eigenvalue weighted by Crippen LogP contribution is 2.24. The van der Waals surface area contributed by atoms with E-state index < -0.39 is 12.0 Å². The molecule has 1 heterocycles. The minimum atomic E-state index is -0.950. The molecule has 1 aliphatic rings. The quantitative estimate of drug-likeness (QED) is 0.853. The van der Waals surface area contributed by atoms with Gasteiger partial charge in [-0.05, 0) is 32.6 Å². The van der Waals surface area contributed by atoms with Crippen molar-refractivity contribution in [2.75, 3.05) is 13.1 Å². The van der Waals surface area contributed by atoms with Gasteiger partial charge in [0.25, 0.3) is 0 Å². The smallest absolute Gasteiger partial charge is 0.326 e. The summed E-state index contributed by atoms with van der Waals surface area (Å²) in [5.74, 6) is -0.638. The SMILES string of the molecule is CC1CCN(C(=O)N(CCC#N)C(C)C)C(C(=O)O)C1. The van der Waals surface area contributed by atoms with E-state index in [0.29, 0.717) is 25.4 Å². The van der Waals surface area contributed by atoms with E-state index in [9.17, 15) is 14.7 Å². The van der Waals surface area contributed by atoms with Gasteiger partial charge in [-0.15, -0.1) is 0 Å². The minimum absolute atomic E-state index is 0.0513. The molecule has 0 bridgehead atoms. The first-order valence-corrected chi connectivity index (χ1v) is 7.05. The van der Waals surface area contributed by atoms with E-state index in [1.54, 1.807) is 4.90 Å². The molecule has 0 spiro atoms. The first-order chi connectivity index (χ1) is 9.38. The van der Waals surface area contributed by atoms with Crippen LogP contribution in [-0.2, 0) is 4.79 Å². The number of likely N-dealkylation sites (tertiary alicyclic amines) is 1. The number of carbonyl (C=O) groups is 2. The number of urea groups is 1. The van der Waals surface area contributed by atoms with Gasteiger partial charge in [0.1, 0.15) is 6.04 Å². The zero-order valence-electron chi connectivity index (χ0n) is 12.4. The molecule has 0 aromatic rings. The molecular formula is C14H23N3O3. The van der Waals surface area contributed by atoms with Crippen LogP contribution in [0, 0.1) is 17.2 Å². The summed E-state index contributed by atoms with van der Waals surface area (Å²) in [4.78, 5) is 26.9. The second-order valence-corrected chi connectivity index (χ2v) is 5.65. The van der Waals surface area contributed by atoms with Crippen LogP contribution in [0.25, 0.3) is 0 Å². The second kappa shape index (κ2) is 7.13. The summed E-state index contributed by atoms with van der Waals surface area (Å²) in [6.07, 6.45) is 1.57. The Kier molecular flexibility index (Phi) is 5.81. The van der Waals surface area contributed by atoms with Crippen LogP contribution in [0.2, 0.25) is 0 Å². The molecule has 1 aliphatic heterocycles. The molecule has 1 saturated heterocycles. The lowest BCUT2D eigenvalue weighted by molar-refractivity contribution is -0.144. The number of carbonyl (C=O) groups excluding carboxylic acids is 1. The van der Waals surface area contributed by atoms with Crippen molar-refractivity contribution < 1.29 is 14.7 Å². The van der Waals surface area contributed by atoms with Crippen LogP contribution in [0.4, 0.5) is 4.79 Å². The summed E-state index contributed by atoms with van der Waals surface area (Å²) >= 11 is 0. The summed E-state index contributed by atoms with van der Waals surface area (Å²) in [6.45, 7) is 6.56. The van der Waals surface area contributed by atoms with Crippen molar-refractivity contribution in [3.8, 4) is 6.07 Å². The number of rotatable bonds is 4. The lowest BCUT2D eigenvalue weighted by Gasteiger charge is -2.40. The van der Waals surface area contributed by atoms with Crippen molar-refractivity contribution in [1.82, 2.24) is 9.80 Å². The van der Waals surface area contributed by atoms with Crippen LogP contribution in [0.5, 0.6) is 0 Å². The van der Waals surface area contributed by atoms with E-state index in [2.05, 4.69) is 0 Å². The number of hydrogen-bond acceptors (Lipinski definition) is 3. The topological polar surface area (TPSA) is 84.6 Å². The molecular weight excluding hydrogens is 258 g/mol. The number of aliphatic carboxylic acids is 1. The molecule has 6 nitrogen and oxygen atoms in total. The van der Waals surface area contributed by atoms with E-state index in [0.717, 1.165) is 6.42 Å². The lowest BCUT2D eigenvalue weighted by atomic mass is 9.92. The normalized spacial score (nSPS) is 22.4. The van der Waals surface area contributed by atoms with E-state index in [1.165, 1.54) is 4.90 Å². The van der Waals surface area contributed by atoms with Gasteiger partial charge in [-0.2, -0.15) is 5.26 Å². The average Bonchev–Trinajstić information content (AvgIpc) is 2.38. The number of nitrogens with zero attached hydrogens (tertiary/aromatic N) is 3. The summed E-state index contributed by atoms with van der Waals surface area (Å²) in [7, 11) is 0. The van der Waals surface area contributed by atoms with Crippen molar-refractivity contribution in [3.63, 3.8) is 0 Å². The zero-order chi connectivity index (χ0) is 15.3. The Balaban J connectivity index is 2.85. The second-order valence-electron chi connectivity index (χ2n) is 5.65. The van der Waals surface area contributed by atoms with Gasteiger partial charge in [0.05, 0.1) is 12.5 Å². The largest absolute Gasteiger partial charge is 0.480 e. The minimum Gasteiger partial charge on any atom is -0.480 e. The zero-order valence-corrected chi connectivity index (χ0v) is 12.4. The molecule has 0 aromatic heterocycles. The van der Waals surface area contributed by atoms with Crippen LogP contribution < -0.4 is 0 Å². The first-order valence-electron chi connectivity index (χ1n) is 7.05. The highest BCUT2D eigenvalue weighted by Gasteiger charge is 2.37. The summed E-state index contributed by atoms with van der Waals surface area (Å²) in [6, 6.07) is 0.948. The molecule has 0 radical (unpaired) electrons. The average molecular weight is 281 g/mol. The van der Waals surface area contributed by atoms with Crippen molar-refractivity contribution in [2.45, 2.75) is 52.1 Å². The first kappa shape index (κ1) is 16.3. The molecule has 112 valence electrons. The van der Waals surface area contributed by atoms with Gasteiger partial charge in [0.2, 0.25) is 0 Å². The van der Waals surface area contributed by atoms with Crippen molar-refractivity contribution >= 4 is 12.0 Å². The molecule has 1 N–H and O–H groups in total. The molecule has 0 aromatic carbocycles. The van der Waals surface area contributed by atoms with E-state index >= 15 is 0 Å². The van der Waals surface area contributed by atoms with Crippen molar-refractivity contribution in [1.29, 1.82) is 5.26 Å².